The Morgan fingerprint density at radius 2 is 2.05 bits per heavy atom. The summed E-state index contributed by atoms with van der Waals surface area (Å²) in [7, 11) is 1.51. The van der Waals surface area contributed by atoms with Gasteiger partial charge in [-0.05, 0) is 24.6 Å². The van der Waals surface area contributed by atoms with Gasteiger partial charge in [-0.25, -0.2) is 0 Å². The third kappa shape index (κ3) is 3.38. The number of methoxy groups -OCH3 is 1. The molecule has 0 bridgehead atoms. The van der Waals surface area contributed by atoms with Crippen LogP contribution in [0.2, 0.25) is 0 Å². The molecule has 20 heavy (non-hydrogen) atoms. The second-order valence-corrected chi connectivity index (χ2v) is 4.35. The van der Waals surface area contributed by atoms with E-state index in [2.05, 4.69) is 9.98 Å². The number of ketones is 2. The highest BCUT2D eigenvalue weighted by Gasteiger charge is 2.20. The molecule has 0 spiro atoms. The quantitative estimate of drug-likeness (QED) is 0.743. The van der Waals surface area contributed by atoms with Crippen LogP contribution in [0.1, 0.15) is 29.8 Å². The first-order chi connectivity index (χ1) is 9.72. The van der Waals surface area contributed by atoms with Crippen molar-refractivity contribution in [1.29, 1.82) is 0 Å². The number of rotatable bonds is 6. The molecule has 0 unspecified atom stereocenters. The summed E-state index contributed by atoms with van der Waals surface area (Å²) in [5.74, 6) is 0.201. The summed E-state index contributed by atoms with van der Waals surface area (Å²) in [5.41, 5.74) is 0.723. The summed E-state index contributed by atoms with van der Waals surface area (Å²) in [6.07, 6.45) is 4.43. The topological polar surface area (TPSA) is 68.6 Å². The van der Waals surface area contributed by atoms with Crippen LogP contribution < -0.4 is 0 Å². The first-order valence-corrected chi connectivity index (χ1v) is 6.48. The fraction of sp³-hybridized carbons (Fsp3) is 0.333. The number of dihydropyridines is 1. The van der Waals surface area contributed by atoms with Crippen molar-refractivity contribution >= 4 is 17.3 Å². The fourth-order valence-corrected chi connectivity index (χ4v) is 1.95. The highest BCUT2D eigenvalue weighted by Crippen LogP contribution is 2.12. The van der Waals surface area contributed by atoms with Crippen LogP contribution in [0.3, 0.4) is 0 Å². The van der Waals surface area contributed by atoms with Gasteiger partial charge in [-0.1, -0.05) is 6.07 Å². The van der Waals surface area contributed by atoms with E-state index in [4.69, 9.17) is 4.74 Å². The zero-order valence-electron chi connectivity index (χ0n) is 11.3. The molecule has 2 heterocycles. The van der Waals surface area contributed by atoms with Crippen LogP contribution in [0.25, 0.3) is 0 Å². The van der Waals surface area contributed by atoms with Crippen LogP contribution in [-0.2, 0) is 9.53 Å². The van der Waals surface area contributed by atoms with Crippen LogP contribution >= 0.6 is 0 Å². The van der Waals surface area contributed by atoms with Crippen LogP contribution in [0.5, 0.6) is 0 Å². The van der Waals surface area contributed by atoms with Crippen molar-refractivity contribution in [3.63, 3.8) is 0 Å². The molecule has 0 saturated heterocycles. The van der Waals surface area contributed by atoms with E-state index in [1.54, 1.807) is 24.4 Å². The Labute approximate surface area is 117 Å². The molecule has 1 aromatic rings. The van der Waals surface area contributed by atoms with Gasteiger partial charge >= 0.3 is 0 Å². The van der Waals surface area contributed by atoms with Crippen molar-refractivity contribution < 1.29 is 14.3 Å². The summed E-state index contributed by atoms with van der Waals surface area (Å²) in [6.45, 7) is 0.585. The van der Waals surface area contributed by atoms with E-state index >= 15 is 0 Å². The minimum Gasteiger partial charge on any atom is -0.495 e. The molecule has 1 aromatic heterocycles. The van der Waals surface area contributed by atoms with E-state index in [0.29, 0.717) is 23.7 Å². The number of ether oxygens (including phenoxy) is 1. The molecule has 5 heteroatoms. The van der Waals surface area contributed by atoms with Crippen molar-refractivity contribution in [2.75, 3.05) is 13.7 Å². The van der Waals surface area contributed by atoms with E-state index in [9.17, 15) is 9.59 Å². The zero-order valence-corrected chi connectivity index (χ0v) is 11.3. The minimum absolute atomic E-state index is 0.120. The Kier molecular flexibility index (Phi) is 4.76. The molecule has 2 rings (SSSR count). The maximum atomic E-state index is 12.1. The highest BCUT2D eigenvalue weighted by molar-refractivity contribution is 6.45. The molecule has 0 atom stereocenters. The second kappa shape index (κ2) is 6.75. The molecule has 0 aromatic carbocycles. The van der Waals surface area contributed by atoms with Crippen molar-refractivity contribution in [2.45, 2.75) is 19.3 Å². The van der Waals surface area contributed by atoms with Gasteiger partial charge in [0, 0.05) is 25.6 Å². The van der Waals surface area contributed by atoms with Crippen molar-refractivity contribution in [3.05, 3.63) is 41.9 Å². The average molecular weight is 272 g/mol. The number of carbonyl (C=O) groups is 2. The fourth-order valence-electron chi connectivity index (χ4n) is 1.95. The first-order valence-electron chi connectivity index (χ1n) is 6.48. The number of nitrogens with zero attached hydrogens (tertiary/aromatic N) is 2. The predicted molar refractivity (Wildman–Crippen MR) is 74.8 cm³/mol. The summed E-state index contributed by atoms with van der Waals surface area (Å²) >= 11 is 0. The molecule has 1 aliphatic heterocycles. The standard InChI is InChI=1S/C15H16N2O3/c1-20-14-6-4-10-17-15(14)13(19)8-7-12(18)11-5-2-3-9-16-11/h2-3,5-6,9H,4,7-8,10H2,1H3. The Bertz CT molecular complexity index is 562. The van der Waals surface area contributed by atoms with E-state index in [0.717, 1.165) is 6.42 Å². The Hall–Kier alpha value is -2.30. The third-order valence-corrected chi connectivity index (χ3v) is 2.98. The largest absolute Gasteiger partial charge is 0.495 e. The number of hydrogen-bond acceptors (Lipinski definition) is 5. The number of allylic oxidation sites excluding steroid dienone is 1. The molecule has 0 radical (unpaired) electrons. The zero-order chi connectivity index (χ0) is 14.4. The number of hydrogen-bond donors (Lipinski definition) is 0. The molecule has 104 valence electrons. The van der Waals surface area contributed by atoms with Crippen molar-refractivity contribution in [3.8, 4) is 0 Å². The number of Topliss-reactive ketones (excluding diaryl/α,β-unsaturated/α-hetero) is 2. The van der Waals surface area contributed by atoms with Gasteiger partial charge in [0.05, 0.1) is 7.11 Å². The summed E-state index contributed by atoms with van der Waals surface area (Å²) in [5, 5.41) is 0. The Balaban J connectivity index is 1.94. The molecule has 5 nitrogen and oxygen atoms in total. The third-order valence-electron chi connectivity index (χ3n) is 2.98. The maximum absolute atomic E-state index is 12.1. The van der Waals surface area contributed by atoms with Crippen LogP contribution in [0.15, 0.2) is 41.2 Å². The highest BCUT2D eigenvalue weighted by atomic mass is 16.5. The maximum Gasteiger partial charge on any atom is 0.184 e. The molecular formula is C15H16N2O3. The molecule has 0 N–H and O–H groups in total. The van der Waals surface area contributed by atoms with Gasteiger partial charge in [0.2, 0.25) is 0 Å². The predicted octanol–water partition coefficient (Wildman–Crippen LogP) is 1.99. The van der Waals surface area contributed by atoms with E-state index in [-0.39, 0.29) is 24.4 Å². The number of carbonyl (C=O) groups excluding carboxylic acids is 2. The number of aromatic nitrogens is 1. The molecular weight excluding hydrogens is 256 g/mol. The Morgan fingerprint density at radius 3 is 2.75 bits per heavy atom. The van der Waals surface area contributed by atoms with Crippen molar-refractivity contribution in [2.24, 2.45) is 4.99 Å². The van der Waals surface area contributed by atoms with E-state index < -0.39 is 0 Å². The van der Waals surface area contributed by atoms with Gasteiger partial charge in [-0.3, -0.25) is 19.6 Å². The minimum atomic E-state index is -0.165. The lowest BCUT2D eigenvalue weighted by molar-refractivity contribution is -0.113. The smallest absolute Gasteiger partial charge is 0.184 e. The molecule has 1 aliphatic rings. The summed E-state index contributed by atoms with van der Waals surface area (Å²) in [4.78, 5) is 32.1. The lowest BCUT2D eigenvalue weighted by Gasteiger charge is -2.12. The van der Waals surface area contributed by atoms with E-state index in [1.165, 1.54) is 7.11 Å². The SMILES string of the molecule is COC1=CCCN=C1C(=O)CCC(=O)c1ccccn1. The van der Waals surface area contributed by atoms with Crippen LogP contribution in [0.4, 0.5) is 0 Å². The van der Waals surface area contributed by atoms with Gasteiger partial charge in [0.15, 0.2) is 11.6 Å². The second-order valence-electron chi connectivity index (χ2n) is 4.35. The monoisotopic (exact) mass is 272 g/mol. The molecule has 0 fully saturated rings. The lowest BCUT2D eigenvalue weighted by atomic mass is 10.0. The van der Waals surface area contributed by atoms with Gasteiger partial charge in [-0.2, -0.15) is 0 Å². The number of aliphatic imine (C=N–C) groups is 1. The van der Waals surface area contributed by atoms with Gasteiger partial charge in [0.25, 0.3) is 0 Å². The normalized spacial score (nSPS) is 14.2. The van der Waals surface area contributed by atoms with E-state index in [1.807, 2.05) is 6.08 Å². The molecule has 0 saturated carbocycles. The molecule has 0 aliphatic carbocycles. The first kappa shape index (κ1) is 14.1. The number of pyridine rings is 1. The lowest BCUT2D eigenvalue weighted by Crippen LogP contribution is -2.21. The summed E-state index contributed by atoms with van der Waals surface area (Å²) in [6, 6.07) is 5.14. The van der Waals surface area contributed by atoms with Crippen LogP contribution in [-0.4, -0.2) is 35.9 Å². The van der Waals surface area contributed by atoms with Gasteiger partial charge in [-0.15, -0.1) is 0 Å². The van der Waals surface area contributed by atoms with Gasteiger partial charge in [0.1, 0.15) is 17.2 Å². The molecule has 0 amide bonds. The summed E-state index contributed by atoms with van der Waals surface area (Å²) < 4.78 is 5.13. The Morgan fingerprint density at radius 1 is 1.25 bits per heavy atom. The average Bonchev–Trinajstić information content (AvgIpc) is 2.53. The van der Waals surface area contributed by atoms with Crippen molar-refractivity contribution in [1.82, 2.24) is 4.98 Å². The van der Waals surface area contributed by atoms with Crippen LogP contribution in [0, 0.1) is 0 Å². The van der Waals surface area contributed by atoms with Gasteiger partial charge < -0.3 is 4.74 Å².